The van der Waals surface area contributed by atoms with Crippen LogP contribution < -0.4 is 5.32 Å². The number of rotatable bonds is 4. The molecule has 102 valence electrons. The molecule has 2 unspecified atom stereocenters. The fourth-order valence-electron chi connectivity index (χ4n) is 2.77. The van der Waals surface area contributed by atoms with Gasteiger partial charge in [-0.2, -0.15) is 0 Å². The summed E-state index contributed by atoms with van der Waals surface area (Å²) >= 11 is 0. The molecule has 1 saturated heterocycles. The summed E-state index contributed by atoms with van der Waals surface area (Å²) in [6.45, 7) is 6.74. The largest absolute Gasteiger partial charge is 0.343 e. The van der Waals surface area contributed by atoms with Crippen LogP contribution in [0.25, 0.3) is 0 Å². The number of nitrogens with zero attached hydrogens (tertiary/aromatic N) is 1. The quantitative estimate of drug-likeness (QED) is 0.825. The molecule has 0 aromatic heterocycles. The maximum Gasteiger partial charge on any atom is 0.245 e. The first-order valence-corrected chi connectivity index (χ1v) is 7.10. The molecule has 0 bridgehead atoms. The molecular formula is C14H24N2O2. The van der Waals surface area contributed by atoms with Crippen molar-refractivity contribution in [3.63, 3.8) is 0 Å². The molecule has 1 saturated carbocycles. The Bertz CT molecular complexity index is 337. The molecule has 0 radical (unpaired) electrons. The molecular weight excluding hydrogens is 228 g/mol. The van der Waals surface area contributed by atoms with Crippen LogP contribution in [-0.4, -0.2) is 35.3 Å². The summed E-state index contributed by atoms with van der Waals surface area (Å²) in [6, 6.07) is -0.615. The van der Waals surface area contributed by atoms with Gasteiger partial charge in [-0.05, 0) is 38.0 Å². The van der Waals surface area contributed by atoms with Crippen LogP contribution in [-0.2, 0) is 9.59 Å². The Balaban J connectivity index is 2.09. The molecule has 1 heterocycles. The molecule has 1 aliphatic carbocycles. The van der Waals surface area contributed by atoms with E-state index in [0.29, 0.717) is 11.8 Å². The smallest absolute Gasteiger partial charge is 0.245 e. The van der Waals surface area contributed by atoms with Crippen LogP contribution in [0.5, 0.6) is 0 Å². The highest BCUT2D eigenvalue weighted by Crippen LogP contribution is 2.29. The first kappa shape index (κ1) is 13.4. The Morgan fingerprint density at radius 3 is 2.50 bits per heavy atom. The van der Waals surface area contributed by atoms with Gasteiger partial charge in [-0.15, -0.1) is 0 Å². The van der Waals surface area contributed by atoms with E-state index in [-0.39, 0.29) is 23.9 Å². The second kappa shape index (κ2) is 5.29. The minimum Gasteiger partial charge on any atom is -0.343 e. The van der Waals surface area contributed by atoms with Crippen LogP contribution in [0.2, 0.25) is 0 Å². The Morgan fingerprint density at radius 2 is 2.00 bits per heavy atom. The van der Waals surface area contributed by atoms with Crippen LogP contribution in [0.3, 0.4) is 0 Å². The van der Waals surface area contributed by atoms with Gasteiger partial charge in [-0.25, -0.2) is 0 Å². The summed E-state index contributed by atoms with van der Waals surface area (Å²) in [5, 5.41) is 2.79. The van der Waals surface area contributed by atoms with E-state index >= 15 is 0 Å². The number of amides is 2. The topological polar surface area (TPSA) is 49.4 Å². The molecule has 0 aromatic rings. The molecule has 0 spiro atoms. The highest BCUT2D eigenvalue weighted by atomic mass is 16.2. The van der Waals surface area contributed by atoms with Crippen molar-refractivity contribution >= 4 is 11.8 Å². The van der Waals surface area contributed by atoms with Crippen LogP contribution in [0.1, 0.15) is 46.5 Å². The number of carbonyl (C=O) groups excluding carboxylic acids is 2. The monoisotopic (exact) mass is 252 g/mol. The number of hydrogen-bond acceptors (Lipinski definition) is 2. The van der Waals surface area contributed by atoms with Gasteiger partial charge < -0.3 is 10.2 Å². The van der Waals surface area contributed by atoms with Crippen LogP contribution in [0.15, 0.2) is 0 Å². The molecule has 2 rings (SSSR count). The molecule has 2 amide bonds. The zero-order valence-corrected chi connectivity index (χ0v) is 11.6. The van der Waals surface area contributed by atoms with Crippen molar-refractivity contribution in [3.8, 4) is 0 Å². The minimum atomic E-state index is -0.360. The predicted molar refractivity (Wildman–Crippen MR) is 69.9 cm³/mol. The van der Waals surface area contributed by atoms with E-state index in [4.69, 9.17) is 0 Å². The van der Waals surface area contributed by atoms with Gasteiger partial charge in [0.15, 0.2) is 0 Å². The summed E-state index contributed by atoms with van der Waals surface area (Å²) in [5.74, 6) is 1.15. The summed E-state index contributed by atoms with van der Waals surface area (Å²) in [7, 11) is 0. The molecule has 2 aliphatic rings. The van der Waals surface area contributed by atoms with Crippen molar-refractivity contribution in [2.75, 3.05) is 6.54 Å². The SMILES string of the molecule is CC(C)CC1C(=O)NC(C)C(=O)N1CC1CCC1. The summed E-state index contributed by atoms with van der Waals surface area (Å²) in [4.78, 5) is 26.2. The van der Waals surface area contributed by atoms with Crippen molar-refractivity contribution in [3.05, 3.63) is 0 Å². The molecule has 2 atom stereocenters. The molecule has 1 N–H and O–H groups in total. The first-order valence-electron chi connectivity index (χ1n) is 7.10. The van der Waals surface area contributed by atoms with Crippen molar-refractivity contribution in [1.29, 1.82) is 0 Å². The highest BCUT2D eigenvalue weighted by Gasteiger charge is 2.40. The first-order chi connectivity index (χ1) is 8.49. The van der Waals surface area contributed by atoms with E-state index in [0.717, 1.165) is 13.0 Å². The zero-order chi connectivity index (χ0) is 13.3. The van der Waals surface area contributed by atoms with Crippen LogP contribution in [0.4, 0.5) is 0 Å². The molecule has 18 heavy (non-hydrogen) atoms. The normalized spacial score (nSPS) is 29.4. The molecule has 4 heteroatoms. The Labute approximate surface area is 109 Å². The van der Waals surface area contributed by atoms with E-state index in [1.54, 1.807) is 6.92 Å². The fourth-order valence-corrected chi connectivity index (χ4v) is 2.77. The lowest BCUT2D eigenvalue weighted by molar-refractivity contribution is -0.150. The van der Waals surface area contributed by atoms with Gasteiger partial charge in [0.1, 0.15) is 12.1 Å². The van der Waals surface area contributed by atoms with E-state index in [1.807, 2.05) is 4.90 Å². The number of hydrogen-bond donors (Lipinski definition) is 1. The van der Waals surface area contributed by atoms with E-state index < -0.39 is 0 Å². The summed E-state index contributed by atoms with van der Waals surface area (Å²) < 4.78 is 0. The Morgan fingerprint density at radius 1 is 1.33 bits per heavy atom. The van der Waals surface area contributed by atoms with Gasteiger partial charge in [0.2, 0.25) is 11.8 Å². The van der Waals surface area contributed by atoms with Gasteiger partial charge in [0.05, 0.1) is 0 Å². The zero-order valence-electron chi connectivity index (χ0n) is 11.6. The summed E-state index contributed by atoms with van der Waals surface area (Å²) in [6.07, 6.45) is 4.43. The minimum absolute atomic E-state index is 0.0233. The third-order valence-electron chi connectivity index (χ3n) is 4.07. The standard InChI is InChI=1S/C14H24N2O2/c1-9(2)7-12-13(17)15-10(3)14(18)16(12)8-11-5-4-6-11/h9-12H,4-8H2,1-3H3,(H,15,17). The van der Waals surface area contributed by atoms with Gasteiger partial charge in [-0.3, -0.25) is 9.59 Å². The van der Waals surface area contributed by atoms with Gasteiger partial charge in [-0.1, -0.05) is 20.3 Å². The van der Waals surface area contributed by atoms with Crippen molar-refractivity contribution in [1.82, 2.24) is 10.2 Å². The number of carbonyl (C=O) groups is 2. The lowest BCUT2D eigenvalue weighted by atomic mass is 9.84. The molecule has 2 fully saturated rings. The summed E-state index contributed by atoms with van der Waals surface area (Å²) in [5.41, 5.74) is 0. The average Bonchev–Trinajstić information content (AvgIpc) is 2.22. The highest BCUT2D eigenvalue weighted by molar-refractivity contribution is 5.96. The fraction of sp³-hybridized carbons (Fsp3) is 0.857. The lowest BCUT2D eigenvalue weighted by Gasteiger charge is -2.42. The lowest BCUT2D eigenvalue weighted by Crippen LogP contribution is -2.63. The predicted octanol–water partition coefficient (Wildman–Crippen LogP) is 1.55. The van der Waals surface area contributed by atoms with Gasteiger partial charge >= 0.3 is 0 Å². The van der Waals surface area contributed by atoms with E-state index in [2.05, 4.69) is 19.2 Å². The van der Waals surface area contributed by atoms with Crippen LogP contribution in [0, 0.1) is 11.8 Å². The van der Waals surface area contributed by atoms with Crippen molar-refractivity contribution in [2.45, 2.75) is 58.5 Å². The second-order valence-corrected chi connectivity index (χ2v) is 6.16. The van der Waals surface area contributed by atoms with Gasteiger partial charge in [0.25, 0.3) is 0 Å². The molecule has 1 aliphatic heterocycles. The number of piperazine rings is 1. The number of nitrogens with one attached hydrogen (secondary N) is 1. The average molecular weight is 252 g/mol. The van der Waals surface area contributed by atoms with E-state index in [9.17, 15) is 9.59 Å². The molecule has 0 aromatic carbocycles. The molecule has 4 nitrogen and oxygen atoms in total. The Hall–Kier alpha value is -1.06. The van der Waals surface area contributed by atoms with Gasteiger partial charge in [0, 0.05) is 6.54 Å². The maximum atomic E-state index is 12.2. The van der Waals surface area contributed by atoms with E-state index in [1.165, 1.54) is 19.3 Å². The Kier molecular flexibility index (Phi) is 3.93. The van der Waals surface area contributed by atoms with Crippen molar-refractivity contribution in [2.24, 2.45) is 11.8 Å². The van der Waals surface area contributed by atoms with Crippen molar-refractivity contribution < 1.29 is 9.59 Å². The third-order valence-corrected chi connectivity index (χ3v) is 4.07. The van der Waals surface area contributed by atoms with Crippen LogP contribution >= 0.6 is 0 Å². The third kappa shape index (κ3) is 2.68. The second-order valence-electron chi connectivity index (χ2n) is 6.16. The maximum absolute atomic E-state index is 12.2.